The molecule has 4 heteroatoms. The van der Waals surface area contributed by atoms with Crippen molar-refractivity contribution >= 4 is 8.58 Å². The molecule has 0 atom stereocenters. The van der Waals surface area contributed by atoms with E-state index in [2.05, 4.69) is 16.0 Å². The molecule has 0 unspecified atom stereocenters. The van der Waals surface area contributed by atoms with Crippen molar-refractivity contribution in [1.82, 2.24) is 16.0 Å². The Morgan fingerprint density at radius 2 is 1.30 bits per heavy atom. The Morgan fingerprint density at radius 3 is 1.80 bits per heavy atom. The Hall–Kier alpha value is 0.310. The summed E-state index contributed by atoms with van der Waals surface area (Å²) in [5, 5.41) is 9.67. The Labute approximate surface area is 66.1 Å². The van der Waals surface area contributed by atoms with Gasteiger partial charge in [-0.15, -0.1) is 0 Å². The first-order valence-electron chi connectivity index (χ1n) is 2.83. The van der Waals surface area contributed by atoms with E-state index in [1.165, 1.54) is 0 Å². The molecule has 1 rings (SSSR count). The zero-order chi connectivity index (χ0) is 5.66. The van der Waals surface area contributed by atoms with Crippen LogP contribution in [0.15, 0.2) is 0 Å². The van der Waals surface area contributed by atoms with Crippen LogP contribution in [0, 0.1) is 14.9 Å². The lowest BCUT2D eigenvalue weighted by Gasteiger charge is -2.11. The zero-order valence-electron chi connectivity index (χ0n) is 6.24. The van der Waals surface area contributed by atoms with Gasteiger partial charge in [0, 0.05) is 25.9 Å². The lowest BCUT2D eigenvalue weighted by Crippen LogP contribution is -2.38. The molecule has 0 bridgehead atoms. The third-order valence-corrected chi connectivity index (χ3v) is 2.00. The molecule has 3 N–H and O–H groups in total. The summed E-state index contributed by atoms with van der Waals surface area (Å²) in [6, 6.07) is 0. The third-order valence-electron chi connectivity index (χ3n) is 1.000. The summed E-state index contributed by atoms with van der Waals surface area (Å²) in [6.07, 6.45) is 2.31. The first kappa shape index (κ1) is 12.9. The van der Waals surface area contributed by atoms with Gasteiger partial charge >= 0.3 is 0 Å². The average molecular weight is 161 g/mol. The Morgan fingerprint density at radius 1 is 0.800 bits per heavy atom. The van der Waals surface area contributed by atoms with E-state index in [0.29, 0.717) is 0 Å². The molecule has 0 aliphatic carbocycles. The van der Waals surface area contributed by atoms with E-state index < -0.39 is 0 Å². The van der Waals surface area contributed by atoms with Crippen molar-refractivity contribution in [3.05, 3.63) is 14.9 Å². The minimum Gasteiger partial charge on any atom is -0.301 e. The van der Waals surface area contributed by atoms with Crippen LogP contribution in [0.25, 0.3) is 0 Å². The van der Waals surface area contributed by atoms with Gasteiger partial charge in [-0.2, -0.15) is 0 Å². The maximum absolute atomic E-state index is 3.25. The number of hydrogen-bond acceptors (Lipinski definition) is 3. The number of hydrogen-bond donors (Lipinski definition) is 3. The van der Waals surface area contributed by atoms with Gasteiger partial charge in [0.25, 0.3) is 0 Å². The summed E-state index contributed by atoms with van der Waals surface area (Å²) in [5.74, 6) is 0. The molecule has 1 fully saturated rings. The van der Waals surface area contributed by atoms with Gasteiger partial charge in [0.2, 0.25) is 0 Å². The molecular formula is C6H16N3P. The van der Waals surface area contributed by atoms with Crippen LogP contribution in [-0.4, -0.2) is 25.9 Å². The molecule has 0 amide bonds. The van der Waals surface area contributed by atoms with Gasteiger partial charge < -0.3 is 10.6 Å². The lowest BCUT2D eigenvalue weighted by molar-refractivity contribution is 0.570. The van der Waals surface area contributed by atoms with Crippen molar-refractivity contribution in [2.45, 2.75) is 0 Å². The van der Waals surface area contributed by atoms with Crippen LogP contribution in [0.5, 0.6) is 0 Å². The van der Waals surface area contributed by atoms with Crippen LogP contribution in [0.4, 0.5) is 0 Å². The summed E-state index contributed by atoms with van der Waals surface area (Å²) in [5.41, 5.74) is 0. The normalized spacial score (nSPS) is 19.2. The summed E-state index contributed by atoms with van der Waals surface area (Å²) in [4.78, 5) is 0. The zero-order valence-corrected chi connectivity index (χ0v) is 7.24. The summed E-state index contributed by atoms with van der Waals surface area (Å²) >= 11 is 0. The highest BCUT2D eigenvalue weighted by atomic mass is 31.1. The molecule has 0 spiro atoms. The third kappa shape index (κ3) is 6.43. The Bertz CT molecular complexity index is 37.0. The second-order valence-electron chi connectivity index (χ2n) is 1.71. The second-order valence-corrected chi connectivity index (χ2v) is 2.91. The summed E-state index contributed by atoms with van der Waals surface area (Å²) < 4.78 is 0. The molecule has 60 valence electrons. The van der Waals surface area contributed by atoms with Crippen molar-refractivity contribution in [2.75, 3.05) is 25.9 Å². The van der Waals surface area contributed by atoms with Gasteiger partial charge in [0.15, 0.2) is 0 Å². The fourth-order valence-electron chi connectivity index (χ4n) is 0.604. The molecule has 3 nitrogen and oxygen atoms in total. The van der Waals surface area contributed by atoms with Gasteiger partial charge in [-0.05, 0) is 0 Å². The number of rotatable bonds is 0. The molecule has 1 heterocycles. The second kappa shape index (κ2) is 9.31. The maximum atomic E-state index is 3.25. The van der Waals surface area contributed by atoms with E-state index in [1.54, 1.807) is 0 Å². The molecule has 0 aromatic heterocycles. The molecule has 0 saturated carbocycles. The molecule has 0 aromatic carbocycles. The highest BCUT2D eigenvalue weighted by Gasteiger charge is 1.90. The molecule has 1 aliphatic rings. The highest BCUT2D eigenvalue weighted by molar-refractivity contribution is 7.37. The molecule has 0 aromatic rings. The summed E-state index contributed by atoms with van der Waals surface area (Å²) in [7, 11) is 1.03. The van der Waals surface area contributed by atoms with E-state index in [-0.39, 0.29) is 14.9 Å². The minimum atomic E-state index is 0. The minimum absolute atomic E-state index is 0. The van der Waals surface area contributed by atoms with Crippen LogP contribution in [0.3, 0.4) is 0 Å². The quantitative estimate of drug-likeness (QED) is 0.435. The topological polar surface area (TPSA) is 36.1 Å². The van der Waals surface area contributed by atoms with Crippen molar-refractivity contribution in [2.24, 2.45) is 0 Å². The first-order chi connectivity index (χ1) is 4.00. The maximum Gasteiger partial charge on any atom is 0.0467 e. The standard InChI is InChI=1S/C4H12N3P.2CH2/c1-5-2-7-4-8-3-6-1;;/h5-8H,1-4H2;2*1H2. The molecular weight excluding hydrogens is 145 g/mol. The van der Waals surface area contributed by atoms with Crippen LogP contribution in [0.2, 0.25) is 0 Å². The smallest absolute Gasteiger partial charge is 0.0467 e. The molecule has 1 saturated heterocycles. The van der Waals surface area contributed by atoms with Gasteiger partial charge in [-0.3, -0.25) is 5.32 Å². The monoisotopic (exact) mass is 161 g/mol. The van der Waals surface area contributed by atoms with E-state index in [0.717, 1.165) is 34.5 Å². The van der Waals surface area contributed by atoms with Crippen molar-refractivity contribution in [3.63, 3.8) is 0 Å². The SMILES string of the molecule is C1NCNCPCN1.[CH2].[CH2]. The lowest BCUT2D eigenvalue weighted by atomic mass is 10.9. The van der Waals surface area contributed by atoms with E-state index in [9.17, 15) is 0 Å². The van der Waals surface area contributed by atoms with Crippen LogP contribution < -0.4 is 16.0 Å². The van der Waals surface area contributed by atoms with Crippen LogP contribution in [0.1, 0.15) is 0 Å². The van der Waals surface area contributed by atoms with Crippen molar-refractivity contribution in [1.29, 1.82) is 0 Å². The van der Waals surface area contributed by atoms with E-state index in [1.807, 2.05) is 0 Å². The molecule has 1 aliphatic heterocycles. The Balaban J connectivity index is 0. The van der Waals surface area contributed by atoms with Crippen molar-refractivity contribution in [3.8, 4) is 0 Å². The molecule has 10 heavy (non-hydrogen) atoms. The fourth-order valence-corrected chi connectivity index (χ4v) is 1.33. The first-order valence-corrected chi connectivity index (χ1v) is 4.24. The number of nitrogens with one attached hydrogen (secondary N) is 3. The van der Waals surface area contributed by atoms with Gasteiger partial charge in [-0.1, -0.05) is 23.4 Å². The summed E-state index contributed by atoms with van der Waals surface area (Å²) in [6.45, 7) is 1.89. The van der Waals surface area contributed by atoms with Gasteiger partial charge in [0.1, 0.15) is 0 Å². The van der Waals surface area contributed by atoms with Crippen molar-refractivity contribution < 1.29 is 0 Å². The average Bonchev–Trinajstić information content (AvgIpc) is 1.62. The Kier molecular flexibility index (Phi) is 12.0. The predicted molar refractivity (Wildman–Crippen MR) is 47.9 cm³/mol. The van der Waals surface area contributed by atoms with Gasteiger partial charge in [-0.25, -0.2) is 0 Å². The van der Waals surface area contributed by atoms with Crippen LogP contribution >= 0.6 is 8.58 Å². The largest absolute Gasteiger partial charge is 0.301 e. The predicted octanol–water partition coefficient (Wildman–Crippen LogP) is -0.0681. The van der Waals surface area contributed by atoms with E-state index in [4.69, 9.17) is 0 Å². The molecule has 4 radical (unpaired) electrons. The van der Waals surface area contributed by atoms with Gasteiger partial charge in [0.05, 0.1) is 0 Å². The fraction of sp³-hybridized carbons (Fsp3) is 0.667. The van der Waals surface area contributed by atoms with Crippen LogP contribution in [-0.2, 0) is 0 Å². The van der Waals surface area contributed by atoms with E-state index >= 15 is 0 Å². The highest BCUT2D eigenvalue weighted by Crippen LogP contribution is 2.02.